The molecule has 0 aromatic heterocycles. The van der Waals surface area contributed by atoms with Gasteiger partial charge in [-0.2, -0.15) is 0 Å². The number of benzene rings is 1. The molecule has 1 aromatic carbocycles. The maximum Gasteiger partial charge on any atom is 0.240 e. The zero-order chi connectivity index (χ0) is 17.3. The molecule has 24 heavy (non-hydrogen) atoms. The van der Waals surface area contributed by atoms with Gasteiger partial charge in [0.2, 0.25) is 5.91 Å². The summed E-state index contributed by atoms with van der Waals surface area (Å²) in [5.74, 6) is -0.557. The van der Waals surface area contributed by atoms with Crippen molar-refractivity contribution in [2.45, 2.75) is 51.5 Å². The molecule has 2 heterocycles. The first-order chi connectivity index (χ1) is 11.4. The van der Waals surface area contributed by atoms with Crippen LogP contribution in [0.3, 0.4) is 0 Å². The molecule has 3 rings (SSSR count). The molecule has 1 radical (unpaired) electrons. The summed E-state index contributed by atoms with van der Waals surface area (Å²) in [4.78, 5) is 15.2. The van der Waals surface area contributed by atoms with Crippen LogP contribution >= 0.6 is 0 Å². The first kappa shape index (κ1) is 17.0. The minimum Gasteiger partial charge on any atom is -0.346 e. The number of para-hydroxylation sites is 1. The Morgan fingerprint density at radius 2 is 2.33 bits per heavy atom. The number of nitrogens with one attached hydrogen (secondary N) is 2. The van der Waals surface area contributed by atoms with E-state index in [0.717, 1.165) is 30.6 Å². The van der Waals surface area contributed by atoms with Gasteiger partial charge in [-0.05, 0) is 37.3 Å². The Balaban J connectivity index is 1.71. The van der Waals surface area contributed by atoms with E-state index in [1.807, 2.05) is 24.3 Å². The van der Waals surface area contributed by atoms with Gasteiger partial charge in [0.15, 0.2) is 5.79 Å². The number of carbonyl (C=O) groups excluding carboxylic acids is 1. The third-order valence-corrected chi connectivity index (χ3v) is 4.78. The summed E-state index contributed by atoms with van der Waals surface area (Å²) < 4.78 is 0. The van der Waals surface area contributed by atoms with Gasteiger partial charge in [0, 0.05) is 18.7 Å². The van der Waals surface area contributed by atoms with Crippen molar-refractivity contribution in [1.29, 1.82) is 0 Å². The molecule has 0 bridgehead atoms. The van der Waals surface area contributed by atoms with Gasteiger partial charge in [0.25, 0.3) is 0 Å². The lowest BCUT2D eigenvalue weighted by atomic mass is 10.1. The maximum absolute atomic E-state index is 12.9. The predicted molar refractivity (Wildman–Crippen MR) is 97.0 cm³/mol. The Morgan fingerprint density at radius 3 is 3.08 bits per heavy atom. The van der Waals surface area contributed by atoms with E-state index < -0.39 is 5.79 Å². The van der Waals surface area contributed by atoms with Crippen molar-refractivity contribution < 1.29 is 4.79 Å². The Morgan fingerprint density at radius 1 is 1.54 bits per heavy atom. The summed E-state index contributed by atoms with van der Waals surface area (Å²) in [6.07, 6.45) is 5.64. The lowest BCUT2D eigenvalue weighted by molar-refractivity contribution is -0.127. The molecule has 129 valence electrons. The highest BCUT2D eigenvalue weighted by Crippen LogP contribution is 2.27. The van der Waals surface area contributed by atoms with Crippen molar-refractivity contribution in [3.8, 4) is 0 Å². The number of rotatable bonds is 4. The molecule has 5 nitrogen and oxygen atoms in total. The van der Waals surface area contributed by atoms with Gasteiger partial charge in [-0.15, -0.1) is 0 Å². The number of anilines is 1. The number of hydrogen-bond donors (Lipinski definition) is 3. The van der Waals surface area contributed by atoms with Crippen LogP contribution < -0.4 is 16.4 Å². The topological polar surface area (TPSA) is 70.4 Å². The average molecular weight is 327 g/mol. The Labute approximate surface area is 144 Å². The van der Waals surface area contributed by atoms with E-state index in [1.165, 1.54) is 0 Å². The van der Waals surface area contributed by atoms with E-state index >= 15 is 0 Å². The fourth-order valence-electron chi connectivity index (χ4n) is 3.58. The molecule has 0 aliphatic carbocycles. The maximum atomic E-state index is 12.9. The van der Waals surface area contributed by atoms with E-state index in [1.54, 1.807) is 6.08 Å². The van der Waals surface area contributed by atoms with Gasteiger partial charge in [-0.25, -0.2) is 0 Å². The fraction of sp³-hybridized carbons (Fsp3) is 0.526. The third kappa shape index (κ3) is 3.47. The summed E-state index contributed by atoms with van der Waals surface area (Å²) in [5.41, 5.74) is 8.18. The number of carbonyl (C=O) groups is 1. The van der Waals surface area contributed by atoms with Crippen molar-refractivity contribution in [2.75, 3.05) is 11.9 Å². The zero-order valence-electron chi connectivity index (χ0n) is 14.7. The number of nitrogens with zero attached hydrogens (tertiary/aromatic N) is 1. The van der Waals surface area contributed by atoms with Gasteiger partial charge in [-0.1, -0.05) is 38.1 Å². The van der Waals surface area contributed by atoms with Crippen molar-refractivity contribution >= 4 is 17.7 Å². The normalized spacial score (nSPS) is 29.4. The average Bonchev–Trinajstić information content (AvgIpc) is 2.87. The second kappa shape index (κ2) is 6.57. The van der Waals surface area contributed by atoms with Crippen LogP contribution in [0.2, 0.25) is 0 Å². The number of likely N-dealkylation sites (tertiary alicyclic amines) is 1. The van der Waals surface area contributed by atoms with Gasteiger partial charge >= 0.3 is 0 Å². The van der Waals surface area contributed by atoms with Crippen molar-refractivity contribution in [3.05, 3.63) is 35.9 Å². The SMILES string of the molecule is CC(C)CN1C(C)CCC1C(=O)NC1(N)C=Cc2ccc[c]c2N1. The summed E-state index contributed by atoms with van der Waals surface area (Å²) in [6, 6.07) is 9.19. The largest absolute Gasteiger partial charge is 0.346 e. The van der Waals surface area contributed by atoms with E-state index in [0.29, 0.717) is 12.0 Å². The molecule has 0 spiro atoms. The van der Waals surface area contributed by atoms with E-state index in [2.05, 4.69) is 42.4 Å². The van der Waals surface area contributed by atoms with E-state index in [4.69, 9.17) is 5.73 Å². The van der Waals surface area contributed by atoms with Crippen LogP contribution in [0.4, 0.5) is 5.69 Å². The molecule has 4 N–H and O–H groups in total. The van der Waals surface area contributed by atoms with E-state index in [9.17, 15) is 4.79 Å². The first-order valence-electron chi connectivity index (χ1n) is 8.73. The minimum absolute atomic E-state index is 0.0148. The molecule has 2 aliphatic rings. The van der Waals surface area contributed by atoms with Gasteiger partial charge in [-0.3, -0.25) is 15.4 Å². The Kier molecular flexibility index (Phi) is 4.65. The smallest absolute Gasteiger partial charge is 0.240 e. The number of hydrogen-bond acceptors (Lipinski definition) is 4. The highest BCUT2D eigenvalue weighted by Gasteiger charge is 2.38. The summed E-state index contributed by atoms with van der Waals surface area (Å²) >= 11 is 0. The molecule has 5 heteroatoms. The van der Waals surface area contributed by atoms with Gasteiger partial charge in [0.05, 0.1) is 11.7 Å². The Bertz CT molecular complexity index is 642. The summed E-state index contributed by atoms with van der Waals surface area (Å²) in [6.45, 7) is 7.49. The van der Waals surface area contributed by atoms with Crippen LogP contribution in [-0.4, -0.2) is 35.2 Å². The second-order valence-electron chi connectivity index (χ2n) is 7.35. The standard InChI is InChI=1S/C19H27N4O/c1-13(2)12-23-14(3)8-9-17(23)18(24)22-19(20)11-10-15-6-4-5-7-16(15)21-19/h4-6,10-11,13-14,17,21H,8-9,12,20H2,1-3H3,(H,22,24). The lowest BCUT2D eigenvalue weighted by Crippen LogP contribution is -2.63. The number of amides is 1. The van der Waals surface area contributed by atoms with Crippen LogP contribution in [0.5, 0.6) is 0 Å². The third-order valence-electron chi connectivity index (χ3n) is 4.78. The van der Waals surface area contributed by atoms with Crippen LogP contribution in [0.25, 0.3) is 6.08 Å². The number of fused-ring (bicyclic) bond motifs is 1. The van der Waals surface area contributed by atoms with Crippen LogP contribution in [0, 0.1) is 12.0 Å². The molecular formula is C19H27N4O. The van der Waals surface area contributed by atoms with E-state index in [-0.39, 0.29) is 11.9 Å². The molecule has 1 aromatic rings. The molecular weight excluding hydrogens is 300 g/mol. The zero-order valence-corrected chi connectivity index (χ0v) is 14.7. The molecule has 2 aliphatic heterocycles. The molecule has 0 saturated carbocycles. The first-order valence-corrected chi connectivity index (χ1v) is 8.73. The van der Waals surface area contributed by atoms with Gasteiger partial charge < -0.3 is 10.6 Å². The van der Waals surface area contributed by atoms with Crippen LogP contribution in [0.1, 0.15) is 39.2 Å². The number of nitrogens with two attached hydrogens (primary N) is 1. The molecule has 1 saturated heterocycles. The van der Waals surface area contributed by atoms with Gasteiger partial charge in [0.1, 0.15) is 0 Å². The predicted octanol–water partition coefficient (Wildman–Crippen LogP) is 2.16. The van der Waals surface area contributed by atoms with Crippen LogP contribution in [0.15, 0.2) is 24.3 Å². The highest BCUT2D eigenvalue weighted by molar-refractivity contribution is 5.84. The lowest BCUT2D eigenvalue weighted by Gasteiger charge is -2.36. The van der Waals surface area contributed by atoms with Crippen LogP contribution in [-0.2, 0) is 4.79 Å². The highest BCUT2D eigenvalue weighted by atomic mass is 16.2. The molecule has 3 unspecified atom stereocenters. The molecule has 3 atom stereocenters. The second-order valence-corrected chi connectivity index (χ2v) is 7.35. The summed E-state index contributed by atoms with van der Waals surface area (Å²) in [7, 11) is 0. The Hall–Kier alpha value is -1.85. The van der Waals surface area contributed by atoms with Crippen molar-refractivity contribution in [3.63, 3.8) is 0 Å². The monoisotopic (exact) mass is 327 g/mol. The minimum atomic E-state index is -1.07. The van der Waals surface area contributed by atoms with Crippen molar-refractivity contribution in [1.82, 2.24) is 10.2 Å². The fourth-order valence-corrected chi connectivity index (χ4v) is 3.58. The summed E-state index contributed by atoms with van der Waals surface area (Å²) in [5, 5.41) is 6.16. The molecule has 1 fully saturated rings. The van der Waals surface area contributed by atoms with Crippen molar-refractivity contribution in [2.24, 2.45) is 11.7 Å². The molecule has 1 amide bonds. The quantitative estimate of drug-likeness (QED) is 0.741.